The second-order valence-electron chi connectivity index (χ2n) is 4.54. The van der Waals surface area contributed by atoms with Gasteiger partial charge in [-0.3, -0.25) is 4.79 Å². The van der Waals surface area contributed by atoms with Crippen molar-refractivity contribution < 1.29 is 14.3 Å². The van der Waals surface area contributed by atoms with E-state index in [9.17, 15) is 4.79 Å². The van der Waals surface area contributed by atoms with Gasteiger partial charge in [-0.05, 0) is 36.8 Å². The Balaban J connectivity index is 1.67. The van der Waals surface area contributed by atoms with Gasteiger partial charge in [0.15, 0.2) is 0 Å². The number of carbonyl (C=O) groups is 1. The summed E-state index contributed by atoms with van der Waals surface area (Å²) in [6.07, 6.45) is 2.60. The minimum absolute atomic E-state index is 0.0635. The smallest absolute Gasteiger partial charge is 0.224 e. The molecule has 0 bridgehead atoms. The van der Waals surface area contributed by atoms with Gasteiger partial charge in [0.05, 0.1) is 25.6 Å². The van der Waals surface area contributed by atoms with Gasteiger partial charge in [-0.1, -0.05) is 15.9 Å². The molecule has 1 N–H and O–H groups in total. The van der Waals surface area contributed by atoms with Crippen molar-refractivity contribution >= 4 is 27.5 Å². The molecule has 0 aliphatic heterocycles. The quantitative estimate of drug-likeness (QED) is 0.761. The first-order valence-corrected chi connectivity index (χ1v) is 7.65. The van der Waals surface area contributed by atoms with Crippen molar-refractivity contribution in [2.75, 3.05) is 19.0 Å². The van der Waals surface area contributed by atoms with E-state index < -0.39 is 0 Å². The van der Waals surface area contributed by atoms with Gasteiger partial charge in [0, 0.05) is 17.0 Å². The van der Waals surface area contributed by atoms with Crippen molar-refractivity contribution in [3.05, 3.63) is 47.1 Å². The van der Waals surface area contributed by atoms with Crippen molar-refractivity contribution in [1.29, 1.82) is 0 Å². The molecule has 1 aromatic carbocycles. The van der Waals surface area contributed by atoms with Crippen LogP contribution in [0.3, 0.4) is 0 Å². The van der Waals surface area contributed by atoms with E-state index in [1.807, 2.05) is 24.3 Å². The summed E-state index contributed by atoms with van der Waals surface area (Å²) in [4.78, 5) is 15.8. The van der Waals surface area contributed by atoms with Crippen LogP contribution in [0.5, 0.6) is 11.6 Å². The molecule has 22 heavy (non-hydrogen) atoms. The van der Waals surface area contributed by atoms with Crippen LogP contribution >= 0.6 is 15.9 Å². The summed E-state index contributed by atoms with van der Waals surface area (Å²) in [7, 11) is 1.55. The molecule has 1 heterocycles. The molecule has 0 aliphatic rings. The third kappa shape index (κ3) is 5.37. The number of anilines is 1. The molecule has 5 nitrogen and oxygen atoms in total. The second-order valence-corrected chi connectivity index (χ2v) is 5.46. The van der Waals surface area contributed by atoms with Crippen LogP contribution in [0, 0.1) is 0 Å². The van der Waals surface area contributed by atoms with Crippen LogP contribution in [-0.2, 0) is 4.79 Å². The number of ether oxygens (including phenoxy) is 2. The molecule has 2 aromatic rings. The van der Waals surface area contributed by atoms with Gasteiger partial charge >= 0.3 is 0 Å². The minimum Gasteiger partial charge on any atom is -0.494 e. The van der Waals surface area contributed by atoms with E-state index in [-0.39, 0.29) is 5.91 Å². The number of hydrogen-bond acceptors (Lipinski definition) is 4. The van der Waals surface area contributed by atoms with E-state index in [0.29, 0.717) is 31.0 Å². The Hall–Kier alpha value is -2.08. The molecule has 1 aromatic heterocycles. The van der Waals surface area contributed by atoms with Crippen LogP contribution in [0.1, 0.15) is 12.8 Å². The lowest BCUT2D eigenvalue weighted by atomic mass is 10.3. The molecule has 0 saturated heterocycles. The number of halogens is 1. The maximum atomic E-state index is 11.8. The zero-order valence-electron chi connectivity index (χ0n) is 12.2. The molecular weight excluding hydrogens is 348 g/mol. The fraction of sp³-hybridized carbons (Fsp3) is 0.250. The number of benzene rings is 1. The monoisotopic (exact) mass is 364 g/mol. The highest BCUT2D eigenvalue weighted by Gasteiger charge is 2.03. The van der Waals surface area contributed by atoms with E-state index in [4.69, 9.17) is 9.47 Å². The molecule has 0 unspecified atom stereocenters. The number of hydrogen-bond donors (Lipinski definition) is 1. The van der Waals surface area contributed by atoms with Crippen molar-refractivity contribution in [3.63, 3.8) is 0 Å². The molecule has 6 heteroatoms. The van der Waals surface area contributed by atoms with Gasteiger partial charge in [-0.15, -0.1) is 0 Å². The Morgan fingerprint density at radius 1 is 1.23 bits per heavy atom. The van der Waals surface area contributed by atoms with Gasteiger partial charge in [0.2, 0.25) is 11.8 Å². The third-order valence-electron chi connectivity index (χ3n) is 2.86. The Morgan fingerprint density at radius 3 is 2.64 bits per heavy atom. The average molecular weight is 365 g/mol. The predicted molar refractivity (Wildman–Crippen MR) is 88.3 cm³/mol. The number of rotatable bonds is 7. The lowest BCUT2D eigenvalue weighted by Gasteiger charge is -2.07. The molecule has 0 spiro atoms. The standard InChI is InChI=1S/C16H17BrN2O3/c1-21-16-9-6-13(11-18-16)19-15(20)3-2-10-22-14-7-4-12(17)5-8-14/h4-9,11H,2-3,10H2,1H3,(H,19,20). The molecule has 0 saturated carbocycles. The van der Waals surface area contributed by atoms with Crippen molar-refractivity contribution in [3.8, 4) is 11.6 Å². The first-order valence-electron chi connectivity index (χ1n) is 6.85. The highest BCUT2D eigenvalue weighted by atomic mass is 79.9. The van der Waals surface area contributed by atoms with Crippen LogP contribution in [0.4, 0.5) is 5.69 Å². The van der Waals surface area contributed by atoms with Gasteiger partial charge in [-0.2, -0.15) is 0 Å². The Kier molecular flexibility index (Phi) is 6.21. The predicted octanol–water partition coefficient (Wildman–Crippen LogP) is 3.65. The lowest BCUT2D eigenvalue weighted by molar-refractivity contribution is -0.116. The molecule has 116 valence electrons. The number of nitrogens with one attached hydrogen (secondary N) is 1. The van der Waals surface area contributed by atoms with E-state index in [1.165, 1.54) is 0 Å². The van der Waals surface area contributed by atoms with E-state index in [1.54, 1.807) is 25.4 Å². The lowest BCUT2D eigenvalue weighted by Crippen LogP contribution is -2.13. The van der Waals surface area contributed by atoms with E-state index >= 15 is 0 Å². The summed E-state index contributed by atoms with van der Waals surface area (Å²) in [5.41, 5.74) is 0.652. The number of amides is 1. The summed E-state index contributed by atoms with van der Waals surface area (Å²) in [5, 5.41) is 2.78. The molecule has 0 atom stereocenters. The van der Waals surface area contributed by atoms with Gasteiger partial charge < -0.3 is 14.8 Å². The fourth-order valence-electron chi connectivity index (χ4n) is 1.75. The first kappa shape index (κ1) is 16.3. The Morgan fingerprint density at radius 2 is 2.00 bits per heavy atom. The van der Waals surface area contributed by atoms with Crippen molar-refractivity contribution in [2.24, 2.45) is 0 Å². The van der Waals surface area contributed by atoms with Crippen molar-refractivity contribution in [2.45, 2.75) is 12.8 Å². The third-order valence-corrected chi connectivity index (χ3v) is 3.39. The molecule has 1 amide bonds. The molecule has 2 rings (SSSR count). The molecule has 0 aliphatic carbocycles. The maximum absolute atomic E-state index is 11.8. The Labute approximate surface area is 137 Å². The van der Waals surface area contributed by atoms with Gasteiger partial charge in [0.1, 0.15) is 5.75 Å². The van der Waals surface area contributed by atoms with Crippen LogP contribution in [0.15, 0.2) is 47.1 Å². The molecule has 0 radical (unpaired) electrons. The summed E-state index contributed by atoms with van der Waals surface area (Å²) >= 11 is 3.37. The summed E-state index contributed by atoms with van der Waals surface area (Å²) in [6.45, 7) is 0.496. The summed E-state index contributed by atoms with van der Waals surface area (Å²) in [6, 6.07) is 11.0. The molecule has 0 fully saturated rings. The SMILES string of the molecule is COc1ccc(NC(=O)CCCOc2ccc(Br)cc2)cn1. The van der Waals surface area contributed by atoms with E-state index in [0.717, 1.165) is 10.2 Å². The van der Waals surface area contributed by atoms with Crippen LogP contribution in [-0.4, -0.2) is 24.6 Å². The maximum Gasteiger partial charge on any atom is 0.224 e. The number of methoxy groups -OCH3 is 1. The summed E-state index contributed by atoms with van der Waals surface area (Å²) in [5.74, 6) is 1.25. The topological polar surface area (TPSA) is 60.5 Å². The normalized spacial score (nSPS) is 10.1. The average Bonchev–Trinajstić information content (AvgIpc) is 2.54. The largest absolute Gasteiger partial charge is 0.494 e. The number of carbonyl (C=O) groups excluding carboxylic acids is 1. The second kappa shape index (κ2) is 8.38. The number of aromatic nitrogens is 1. The van der Waals surface area contributed by atoms with Gasteiger partial charge in [-0.25, -0.2) is 4.98 Å². The van der Waals surface area contributed by atoms with E-state index in [2.05, 4.69) is 26.2 Å². The van der Waals surface area contributed by atoms with Crippen LogP contribution < -0.4 is 14.8 Å². The fourth-order valence-corrected chi connectivity index (χ4v) is 2.02. The zero-order valence-corrected chi connectivity index (χ0v) is 13.8. The molecular formula is C16H17BrN2O3. The van der Waals surface area contributed by atoms with Crippen LogP contribution in [0.2, 0.25) is 0 Å². The zero-order chi connectivity index (χ0) is 15.8. The van der Waals surface area contributed by atoms with Crippen molar-refractivity contribution in [1.82, 2.24) is 4.98 Å². The minimum atomic E-state index is -0.0635. The number of nitrogens with zero attached hydrogens (tertiary/aromatic N) is 1. The van der Waals surface area contributed by atoms with Crippen LogP contribution in [0.25, 0.3) is 0 Å². The van der Waals surface area contributed by atoms with Gasteiger partial charge in [0.25, 0.3) is 0 Å². The Bertz CT molecular complexity index is 600. The highest BCUT2D eigenvalue weighted by Crippen LogP contribution is 2.16. The number of pyridine rings is 1. The highest BCUT2D eigenvalue weighted by molar-refractivity contribution is 9.10. The summed E-state index contributed by atoms with van der Waals surface area (Å²) < 4.78 is 11.5. The first-order chi connectivity index (χ1) is 10.7.